The first-order valence-corrected chi connectivity index (χ1v) is 7.13. The molecule has 2 heterocycles. The Labute approximate surface area is 125 Å². The minimum absolute atomic E-state index is 0.355. The zero-order valence-corrected chi connectivity index (χ0v) is 13.1. The number of hydrogen-bond donors (Lipinski definition) is 0. The summed E-state index contributed by atoms with van der Waals surface area (Å²) in [7, 11) is 1.25. The molecular formula is C16H20BNO3. The van der Waals surface area contributed by atoms with Gasteiger partial charge in [-0.05, 0) is 45.3 Å². The Morgan fingerprint density at radius 3 is 2.33 bits per heavy atom. The van der Waals surface area contributed by atoms with Gasteiger partial charge in [0.1, 0.15) is 11.3 Å². The highest BCUT2D eigenvalue weighted by Gasteiger charge is 2.52. The van der Waals surface area contributed by atoms with E-state index in [1.807, 2.05) is 24.3 Å². The molecule has 1 aromatic heterocycles. The van der Waals surface area contributed by atoms with Crippen LogP contribution in [0.3, 0.4) is 0 Å². The second-order valence-electron chi connectivity index (χ2n) is 6.34. The molecule has 0 spiro atoms. The molecular weight excluding hydrogens is 265 g/mol. The van der Waals surface area contributed by atoms with Crippen molar-refractivity contribution in [1.29, 1.82) is 0 Å². The summed E-state index contributed by atoms with van der Waals surface area (Å²) in [6.45, 7) is 8.21. The van der Waals surface area contributed by atoms with Crippen LogP contribution in [0, 0.1) is 0 Å². The first kappa shape index (κ1) is 14.4. The number of ether oxygens (including phenoxy) is 1. The highest BCUT2D eigenvalue weighted by Crippen LogP contribution is 2.37. The van der Waals surface area contributed by atoms with Crippen LogP contribution in [0.1, 0.15) is 27.7 Å². The van der Waals surface area contributed by atoms with Gasteiger partial charge in [-0.3, -0.25) is 4.98 Å². The third-order valence-electron chi connectivity index (χ3n) is 4.49. The van der Waals surface area contributed by atoms with Crippen LogP contribution in [0.4, 0.5) is 0 Å². The fraction of sp³-hybridized carbons (Fsp3) is 0.438. The van der Waals surface area contributed by atoms with Gasteiger partial charge in [-0.25, -0.2) is 0 Å². The van der Waals surface area contributed by atoms with Crippen LogP contribution in [0.5, 0.6) is 5.75 Å². The average Bonchev–Trinajstić information content (AvgIpc) is 2.66. The Hall–Kier alpha value is -1.59. The van der Waals surface area contributed by atoms with Gasteiger partial charge in [-0.15, -0.1) is 0 Å². The van der Waals surface area contributed by atoms with Crippen molar-refractivity contribution in [2.24, 2.45) is 0 Å². The highest BCUT2D eigenvalue weighted by atomic mass is 16.7. The molecule has 110 valence electrons. The molecule has 21 heavy (non-hydrogen) atoms. The number of pyridine rings is 1. The van der Waals surface area contributed by atoms with Gasteiger partial charge in [0.05, 0.1) is 18.3 Å². The molecule has 0 aliphatic carbocycles. The van der Waals surface area contributed by atoms with E-state index >= 15 is 0 Å². The van der Waals surface area contributed by atoms with Crippen molar-refractivity contribution in [3.63, 3.8) is 0 Å². The summed E-state index contributed by atoms with van der Waals surface area (Å²) in [6, 6.07) is 7.84. The second-order valence-corrected chi connectivity index (χ2v) is 6.34. The van der Waals surface area contributed by atoms with Gasteiger partial charge >= 0.3 is 7.12 Å². The van der Waals surface area contributed by atoms with Gasteiger partial charge in [-0.1, -0.05) is 12.1 Å². The third kappa shape index (κ3) is 2.21. The minimum atomic E-state index is -0.396. The van der Waals surface area contributed by atoms with Crippen LogP contribution in [-0.2, 0) is 9.31 Å². The van der Waals surface area contributed by atoms with Crippen molar-refractivity contribution in [3.05, 3.63) is 30.5 Å². The predicted octanol–water partition coefficient (Wildman–Crippen LogP) is 2.54. The maximum atomic E-state index is 6.14. The number of rotatable bonds is 2. The Morgan fingerprint density at radius 1 is 1.05 bits per heavy atom. The molecule has 0 bridgehead atoms. The maximum absolute atomic E-state index is 6.14. The quantitative estimate of drug-likeness (QED) is 0.795. The molecule has 0 N–H and O–H groups in total. The molecule has 4 nitrogen and oxygen atoms in total. The normalized spacial score (nSPS) is 20.0. The van der Waals surface area contributed by atoms with Crippen molar-refractivity contribution in [3.8, 4) is 5.75 Å². The monoisotopic (exact) mass is 285 g/mol. The van der Waals surface area contributed by atoms with Crippen molar-refractivity contribution in [1.82, 2.24) is 4.98 Å². The molecule has 0 amide bonds. The van der Waals surface area contributed by atoms with E-state index in [0.717, 1.165) is 22.1 Å². The van der Waals surface area contributed by atoms with Gasteiger partial charge in [0.15, 0.2) is 0 Å². The van der Waals surface area contributed by atoms with Gasteiger partial charge in [0.25, 0.3) is 0 Å². The summed E-state index contributed by atoms with van der Waals surface area (Å²) >= 11 is 0. The van der Waals surface area contributed by atoms with E-state index in [1.54, 1.807) is 13.3 Å². The summed E-state index contributed by atoms with van der Waals surface area (Å²) in [5.74, 6) is 0.755. The van der Waals surface area contributed by atoms with Gasteiger partial charge < -0.3 is 14.0 Å². The average molecular weight is 285 g/mol. The first-order chi connectivity index (χ1) is 9.86. The fourth-order valence-electron chi connectivity index (χ4n) is 2.51. The lowest BCUT2D eigenvalue weighted by Gasteiger charge is -2.32. The molecule has 3 rings (SSSR count). The zero-order chi connectivity index (χ0) is 15.3. The molecule has 5 heteroatoms. The summed E-state index contributed by atoms with van der Waals surface area (Å²) in [5.41, 5.74) is 1.10. The number of nitrogens with zero attached hydrogens (tertiary/aromatic N) is 1. The van der Waals surface area contributed by atoms with Crippen molar-refractivity contribution in [2.75, 3.05) is 7.11 Å². The van der Waals surface area contributed by atoms with Gasteiger partial charge in [0, 0.05) is 11.6 Å². The number of aromatic nitrogens is 1. The van der Waals surface area contributed by atoms with Crippen LogP contribution < -0.4 is 10.2 Å². The fourth-order valence-corrected chi connectivity index (χ4v) is 2.51. The van der Waals surface area contributed by atoms with Crippen molar-refractivity contribution >= 4 is 23.5 Å². The number of fused-ring (bicyclic) bond motifs is 1. The van der Waals surface area contributed by atoms with E-state index in [1.165, 1.54) is 0 Å². The smallest absolute Gasteiger partial charge is 0.494 e. The first-order valence-electron chi connectivity index (χ1n) is 7.13. The number of methoxy groups -OCH3 is 1. The van der Waals surface area contributed by atoms with E-state index < -0.39 is 7.12 Å². The molecule has 2 aromatic rings. The molecule has 0 atom stereocenters. The predicted molar refractivity (Wildman–Crippen MR) is 84.0 cm³/mol. The molecule has 0 saturated carbocycles. The van der Waals surface area contributed by atoms with E-state index in [0.29, 0.717) is 0 Å². The van der Waals surface area contributed by atoms with E-state index in [-0.39, 0.29) is 11.2 Å². The molecule has 1 aromatic carbocycles. The van der Waals surface area contributed by atoms with Crippen LogP contribution >= 0.6 is 0 Å². The Balaban J connectivity index is 2.11. The number of benzene rings is 1. The van der Waals surface area contributed by atoms with E-state index in [4.69, 9.17) is 14.0 Å². The lowest BCUT2D eigenvalue weighted by molar-refractivity contribution is 0.00578. The zero-order valence-electron chi connectivity index (χ0n) is 13.1. The van der Waals surface area contributed by atoms with E-state index in [9.17, 15) is 0 Å². The third-order valence-corrected chi connectivity index (χ3v) is 4.49. The second kappa shape index (κ2) is 4.72. The summed E-state index contributed by atoms with van der Waals surface area (Å²) in [6.07, 6.45) is 1.76. The summed E-state index contributed by atoms with van der Waals surface area (Å²) in [5, 5.41) is 0.996. The van der Waals surface area contributed by atoms with Crippen molar-refractivity contribution < 1.29 is 14.0 Å². The summed E-state index contributed by atoms with van der Waals surface area (Å²) < 4.78 is 17.7. The Morgan fingerprint density at radius 2 is 1.71 bits per heavy atom. The molecule has 0 radical (unpaired) electrons. The van der Waals surface area contributed by atoms with Crippen LogP contribution in [-0.4, -0.2) is 30.4 Å². The highest BCUT2D eigenvalue weighted by molar-refractivity contribution is 6.65. The topological polar surface area (TPSA) is 40.6 Å². The molecule has 1 aliphatic rings. The molecule has 1 aliphatic heterocycles. The van der Waals surface area contributed by atoms with Gasteiger partial charge in [-0.2, -0.15) is 0 Å². The van der Waals surface area contributed by atoms with Gasteiger partial charge in [0.2, 0.25) is 0 Å². The minimum Gasteiger partial charge on any atom is -0.494 e. The Bertz CT molecular complexity index is 668. The van der Waals surface area contributed by atoms with Crippen LogP contribution in [0.15, 0.2) is 30.5 Å². The van der Waals surface area contributed by atoms with E-state index in [2.05, 4.69) is 32.7 Å². The molecule has 1 saturated heterocycles. The lowest BCUT2D eigenvalue weighted by atomic mass is 9.76. The lowest BCUT2D eigenvalue weighted by Crippen LogP contribution is -2.41. The SMILES string of the molecule is COc1ccc(B2OC(C)(C)C(C)(C)O2)c2cccnc12. The molecule has 1 fully saturated rings. The maximum Gasteiger partial charge on any atom is 0.495 e. The van der Waals surface area contributed by atoms with Crippen LogP contribution in [0.2, 0.25) is 0 Å². The number of hydrogen-bond acceptors (Lipinski definition) is 4. The van der Waals surface area contributed by atoms with Crippen LogP contribution in [0.25, 0.3) is 10.9 Å². The Kier molecular flexibility index (Phi) is 3.22. The largest absolute Gasteiger partial charge is 0.495 e. The van der Waals surface area contributed by atoms with Crippen molar-refractivity contribution in [2.45, 2.75) is 38.9 Å². The summed E-state index contributed by atoms with van der Waals surface area (Å²) in [4.78, 5) is 4.42. The molecule has 0 unspecified atom stereocenters. The standard InChI is InChI=1S/C16H20BNO3/c1-15(2)16(3,4)21-17(20-15)12-8-9-13(19-5)14-11(12)7-6-10-18-14/h6-10H,1-5H3.